The molecule has 0 aliphatic heterocycles. The topological polar surface area (TPSA) is 90.4 Å². The van der Waals surface area contributed by atoms with Gasteiger partial charge in [0.15, 0.2) is 6.10 Å². The van der Waals surface area contributed by atoms with Gasteiger partial charge in [0.05, 0.1) is 5.69 Å². The number of hydrogen-bond donors (Lipinski definition) is 1. The summed E-state index contributed by atoms with van der Waals surface area (Å²) >= 11 is 0. The fraction of sp³-hybridized carbons (Fsp3) is 0.727. The number of nitrogens with zero attached hydrogens (tertiary/aromatic N) is 3. The van der Waals surface area contributed by atoms with E-state index in [1.807, 2.05) is 0 Å². The molecule has 0 fully saturated rings. The van der Waals surface area contributed by atoms with Crippen LogP contribution in [0, 0.1) is 10.1 Å². The number of ether oxygens (including phenoxy) is 1. The van der Waals surface area contributed by atoms with Gasteiger partial charge in [-0.2, -0.15) is 5.10 Å². The highest BCUT2D eigenvalue weighted by atomic mass is 28.3. The second-order valence-electron chi connectivity index (χ2n) is 5.66. The lowest BCUT2D eigenvalue weighted by molar-refractivity contribution is -0.491. The van der Waals surface area contributed by atoms with Crippen LogP contribution in [0.3, 0.4) is 0 Å². The first-order valence-corrected chi connectivity index (χ1v) is 9.89. The van der Waals surface area contributed by atoms with Gasteiger partial charge in [0, 0.05) is 25.8 Å². The van der Waals surface area contributed by atoms with E-state index in [-0.39, 0.29) is 0 Å². The zero-order valence-corrected chi connectivity index (χ0v) is 12.6. The average molecular weight is 287 g/mol. The Hall–Kier alpha value is -1.25. The van der Waals surface area contributed by atoms with Crippen molar-refractivity contribution < 1.29 is 14.8 Å². The molecule has 0 bridgehead atoms. The normalized spacial score (nSPS) is 13.5. The molecule has 0 radical (unpaired) electrons. The maximum atomic E-state index is 10.3. The molecule has 1 heterocycles. The molecule has 1 atom stereocenters. The van der Waals surface area contributed by atoms with Crippen LogP contribution in [0.2, 0.25) is 25.7 Å². The Kier molecular flexibility index (Phi) is 5.64. The molecule has 0 amide bonds. The van der Waals surface area contributed by atoms with Gasteiger partial charge in [-0.15, -0.1) is 0 Å². The molecule has 0 spiro atoms. The Morgan fingerprint density at radius 3 is 2.84 bits per heavy atom. The van der Waals surface area contributed by atoms with Crippen molar-refractivity contribution in [3.05, 3.63) is 28.1 Å². The molecule has 1 aromatic rings. The fourth-order valence-electron chi connectivity index (χ4n) is 1.40. The second kappa shape index (κ2) is 6.78. The zero-order chi connectivity index (χ0) is 14.5. The summed E-state index contributed by atoms with van der Waals surface area (Å²) in [4.78, 5) is 9.72. The molecule has 1 N–H and O–H groups in total. The van der Waals surface area contributed by atoms with Crippen LogP contribution >= 0.6 is 0 Å². The predicted molar refractivity (Wildman–Crippen MR) is 73.2 cm³/mol. The highest BCUT2D eigenvalue weighted by molar-refractivity contribution is 6.76. The van der Waals surface area contributed by atoms with Crippen molar-refractivity contribution in [3.8, 4) is 0 Å². The van der Waals surface area contributed by atoms with Gasteiger partial charge >= 0.3 is 0 Å². The highest BCUT2D eigenvalue weighted by Crippen LogP contribution is 2.10. The van der Waals surface area contributed by atoms with E-state index < -0.39 is 25.6 Å². The Bertz CT molecular complexity index is 416. The Labute approximate surface area is 113 Å². The van der Waals surface area contributed by atoms with Gasteiger partial charge in [-0.1, -0.05) is 19.6 Å². The quantitative estimate of drug-likeness (QED) is 0.339. The Balaban J connectivity index is 2.36. The molecular formula is C11H21N3O4Si. The molecule has 7 nitrogen and oxygen atoms in total. The maximum Gasteiger partial charge on any atom is 0.235 e. The molecule has 0 aliphatic carbocycles. The van der Waals surface area contributed by atoms with Crippen LogP contribution in [0.1, 0.15) is 11.8 Å². The lowest BCUT2D eigenvalue weighted by Gasteiger charge is -2.15. The number of rotatable bonds is 8. The first-order valence-electron chi connectivity index (χ1n) is 6.19. The maximum absolute atomic E-state index is 10.3. The van der Waals surface area contributed by atoms with E-state index in [4.69, 9.17) is 4.74 Å². The summed E-state index contributed by atoms with van der Waals surface area (Å²) in [6.45, 7) is 7.27. The number of aromatic nitrogens is 2. The number of aliphatic hydroxyl groups is 1. The van der Waals surface area contributed by atoms with Crippen molar-refractivity contribution in [1.82, 2.24) is 9.78 Å². The molecular weight excluding hydrogens is 266 g/mol. The number of nitro groups is 1. The van der Waals surface area contributed by atoms with Gasteiger partial charge in [-0.3, -0.25) is 10.1 Å². The molecule has 0 aliphatic rings. The third-order valence-corrected chi connectivity index (χ3v) is 4.25. The third kappa shape index (κ3) is 6.46. The minimum atomic E-state index is -1.17. The number of aliphatic hydroxyl groups excluding tert-OH is 1. The summed E-state index contributed by atoms with van der Waals surface area (Å²) in [5, 5.41) is 23.9. The molecule has 19 heavy (non-hydrogen) atoms. The SMILES string of the molecule is C[Si](C)(C)CCOCn1ccc([C@@H](O)C[N+](=O)[O-])n1. The van der Waals surface area contributed by atoms with Crippen LogP contribution in [0.25, 0.3) is 0 Å². The van der Waals surface area contributed by atoms with Crippen LogP contribution in [0.15, 0.2) is 12.3 Å². The van der Waals surface area contributed by atoms with Crippen molar-refractivity contribution in [2.24, 2.45) is 0 Å². The molecule has 0 saturated heterocycles. The largest absolute Gasteiger partial charge is 0.380 e. The summed E-state index contributed by atoms with van der Waals surface area (Å²) in [5.74, 6) is 0. The Morgan fingerprint density at radius 1 is 1.58 bits per heavy atom. The molecule has 1 aromatic heterocycles. The van der Waals surface area contributed by atoms with Gasteiger partial charge in [0.1, 0.15) is 6.73 Å². The summed E-state index contributed by atoms with van der Waals surface area (Å²) in [6.07, 6.45) is 0.478. The minimum Gasteiger partial charge on any atom is -0.380 e. The van der Waals surface area contributed by atoms with Crippen LogP contribution in [0.4, 0.5) is 0 Å². The van der Waals surface area contributed by atoms with Gasteiger partial charge in [0.2, 0.25) is 6.54 Å². The molecule has 0 saturated carbocycles. The molecule has 108 valence electrons. The fourth-order valence-corrected chi connectivity index (χ4v) is 2.15. The highest BCUT2D eigenvalue weighted by Gasteiger charge is 2.17. The molecule has 1 rings (SSSR count). The van der Waals surface area contributed by atoms with Crippen LogP contribution in [0.5, 0.6) is 0 Å². The molecule has 0 aromatic carbocycles. The molecule has 8 heteroatoms. The third-order valence-electron chi connectivity index (χ3n) is 2.54. The Morgan fingerprint density at radius 2 is 2.26 bits per heavy atom. The summed E-state index contributed by atoms with van der Waals surface area (Å²) in [6, 6.07) is 2.64. The van der Waals surface area contributed by atoms with Crippen molar-refractivity contribution in [1.29, 1.82) is 0 Å². The van der Waals surface area contributed by atoms with Crippen molar-refractivity contribution in [3.63, 3.8) is 0 Å². The van der Waals surface area contributed by atoms with Crippen molar-refractivity contribution in [2.45, 2.75) is 38.5 Å². The smallest absolute Gasteiger partial charge is 0.235 e. The van der Waals surface area contributed by atoms with E-state index in [9.17, 15) is 15.2 Å². The first kappa shape index (κ1) is 15.8. The van der Waals surface area contributed by atoms with Crippen molar-refractivity contribution in [2.75, 3.05) is 13.2 Å². The predicted octanol–water partition coefficient (Wildman–Crippen LogP) is 1.51. The first-order chi connectivity index (χ1) is 8.78. The van der Waals surface area contributed by atoms with E-state index >= 15 is 0 Å². The van der Waals surface area contributed by atoms with Gasteiger partial charge in [0.25, 0.3) is 0 Å². The van der Waals surface area contributed by atoms with Crippen LogP contribution in [-0.2, 0) is 11.5 Å². The van der Waals surface area contributed by atoms with Crippen molar-refractivity contribution >= 4 is 8.07 Å². The number of hydrogen-bond acceptors (Lipinski definition) is 5. The molecule has 0 unspecified atom stereocenters. The standard InChI is InChI=1S/C11H21N3O4Si/c1-19(2,3)7-6-18-9-13-5-4-10(12-13)11(15)8-14(16)17/h4-5,11,15H,6-9H2,1-3H3/t11-/m0/s1. The van der Waals surface area contributed by atoms with E-state index in [1.54, 1.807) is 12.3 Å². The average Bonchev–Trinajstić information content (AvgIpc) is 2.71. The van der Waals surface area contributed by atoms with Gasteiger partial charge in [-0.05, 0) is 12.1 Å². The monoisotopic (exact) mass is 287 g/mol. The van der Waals surface area contributed by atoms with E-state index in [0.717, 1.165) is 6.04 Å². The van der Waals surface area contributed by atoms with E-state index in [0.29, 0.717) is 19.0 Å². The lowest BCUT2D eigenvalue weighted by atomic mass is 10.3. The van der Waals surface area contributed by atoms with Crippen LogP contribution in [-0.4, -0.2) is 41.0 Å². The van der Waals surface area contributed by atoms with E-state index in [1.165, 1.54) is 4.68 Å². The van der Waals surface area contributed by atoms with Gasteiger partial charge < -0.3 is 9.84 Å². The summed E-state index contributed by atoms with van der Waals surface area (Å²) < 4.78 is 7.02. The summed E-state index contributed by atoms with van der Waals surface area (Å²) in [5.41, 5.74) is 0.297. The van der Waals surface area contributed by atoms with E-state index in [2.05, 4.69) is 24.7 Å². The van der Waals surface area contributed by atoms with Crippen LogP contribution < -0.4 is 0 Å². The van der Waals surface area contributed by atoms with Gasteiger partial charge in [-0.25, -0.2) is 4.68 Å². The minimum absolute atomic E-state index is 0.297. The summed E-state index contributed by atoms with van der Waals surface area (Å²) in [7, 11) is -1.10. The zero-order valence-electron chi connectivity index (χ0n) is 11.6. The second-order valence-corrected chi connectivity index (χ2v) is 11.3. The lowest BCUT2D eigenvalue weighted by Crippen LogP contribution is -2.22.